The fourth-order valence-corrected chi connectivity index (χ4v) is 3.04. The Labute approximate surface area is 150 Å². The maximum Gasteiger partial charge on any atom is 0.219 e. The van der Waals surface area contributed by atoms with E-state index < -0.39 is 9.84 Å². The fourth-order valence-electron chi connectivity index (χ4n) is 2.24. The molecule has 0 amide bonds. The van der Waals surface area contributed by atoms with Crippen molar-refractivity contribution in [2.24, 2.45) is 0 Å². The molecule has 2 aromatic heterocycles. The molecule has 0 saturated carbocycles. The fraction of sp³-hybridized carbons (Fsp3) is 0.111. The van der Waals surface area contributed by atoms with Crippen LogP contribution in [0.1, 0.15) is 5.56 Å². The van der Waals surface area contributed by atoms with Crippen molar-refractivity contribution >= 4 is 15.7 Å². The van der Waals surface area contributed by atoms with Crippen LogP contribution in [0, 0.1) is 5.82 Å². The summed E-state index contributed by atoms with van der Waals surface area (Å²) in [5.41, 5.74) is 0.807. The summed E-state index contributed by atoms with van der Waals surface area (Å²) in [7, 11) is -3.37. The molecular weight excluding hydrogens is 357 g/mol. The topological polar surface area (TPSA) is 81.2 Å². The summed E-state index contributed by atoms with van der Waals surface area (Å²) in [6.07, 6.45) is 4.24. The summed E-state index contributed by atoms with van der Waals surface area (Å²) in [6.45, 7) is 0.340. The molecule has 1 N–H and O–H groups in total. The number of hydrogen-bond acceptors (Lipinski definition) is 6. The van der Waals surface area contributed by atoms with Gasteiger partial charge < -0.3 is 10.1 Å². The van der Waals surface area contributed by atoms with E-state index in [9.17, 15) is 12.8 Å². The number of nitrogens with zero attached hydrogens (tertiary/aromatic N) is 2. The van der Waals surface area contributed by atoms with Gasteiger partial charge in [-0.05, 0) is 29.8 Å². The van der Waals surface area contributed by atoms with Crippen LogP contribution in [0.2, 0.25) is 0 Å². The lowest BCUT2D eigenvalue weighted by Crippen LogP contribution is -2.08. The maximum absolute atomic E-state index is 13.2. The van der Waals surface area contributed by atoms with Crippen LogP contribution < -0.4 is 10.1 Å². The van der Waals surface area contributed by atoms with Gasteiger partial charge in [0.05, 0.1) is 0 Å². The molecule has 0 radical (unpaired) electrons. The lowest BCUT2D eigenvalue weighted by molar-refractivity contribution is 0.458. The van der Waals surface area contributed by atoms with Gasteiger partial charge >= 0.3 is 0 Å². The molecule has 26 heavy (non-hydrogen) atoms. The lowest BCUT2D eigenvalue weighted by Gasteiger charge is -2.10. The molecule has 0 aliphatic rings. The van der Waals surface area contributed by atoms with Crippen molar-refractivity contribution in [3.05, 3.63) is 72.3 Å². The number of ether oxygens (including phenoxy) is 1. The van der Waals surface area contributed by atoms with E-state index in [0.29, 0.717) is 18.2 Å². The number of rotatable bonds is 6. The number of anilines is 1. The van der Waals surface area contributed by atoms with Gasteiger partial charge in [0.25, 0.3) is 0 Å². The molecule has 0 aliphatic heterocycles. The second-order valence-corrected chi connectivity index (χ2v) is 7.52. The smallest absolute Gasteiger partial charge is 0.219 e. The first-order valence-electron chi connectivity index (χ1n) is 7.69. The minimum absolute atomic E-state index is 0.138. The Morgan fingerprint density at radius 3 is 2.65 bits per heavy atom. The molecule has 6 nitrogen and oxygen atoms in total. The predicted molar refractivity (Wildman–Crippen MR) is 95.4 cm³/mol. The van der Waals surface area contributed by atoms with Crippen LogP contribution in [-0.4, -0.2) is 24.6 Å². The van der Waals surface area contributed by atoms with E-state index in [1.807, 2.05) is 0 Å². The number of pyridine rings is 2. The standard InChI is InChI=1S/C18H16FN3O3S/c1-26(23,24)16-6-3-9-20-18(16)22-12-13-7-8-17(21-11-13)25-15-5-2-4-14(19)10-15/h2-11H,12H2,1H3,(H,20,22). The summed E-state index contributed by atoms with van der Waals surface area (Å²) >= 11 is 0. The molecule has 0 unspecified atom stereocenters. The van der Waals surface area contributed by atoms with Crippen molar-refractivity contribution < 1.29 is 17.5 Å². The molecule has 134 valence electrons. The number of aromatic nitrogens is 2. The zero-order chi connectivity index (χ0) is 18.6. The predicted octanol–water partition coefficient (Wildman–Crippen LogP) is 3.42. The summed E-state index contributed by atoms with van der Waals surface area (Å²) < 4.78 is 42.2. The highest BCUT2D eigenvalue weighted by atomic mass is 32.2. The van der Waals surface area contributed by atoms with Crippen molar-refractivity contribution in [1.82, 2.24) is 9.97 Å². The van der Waals surface area contributed by atoms with E-state index in [-0.39, 0.29) is 16.5 Å². The van der Waals surface area contributed by atoms with E-state index in [2.05, 4.69) is 15.3 Å². The van der Waals surface area contributed by atoms with Crippen molar-refractivity contribution in [3.63, 3.8) is 0 Å². The number of sulfone groups is 1. The number of benzene rings is 1. The monoisotopic (exact) mass is 373 g/mol. The van der Waals surface area contributed by atoms with E-state index >= 15 is 0 Å². The van der Waals surface area contributed by atoms with Gasteiger partial charge in [0.15, 0.2) is 9.84 Å². The third-order valence-electron chi connectivity index (χ3n) is 3.45. The normalized spacial score (nSPS) is 11.2. The second-order valence-electron chi connectivity index (χ2n) is 5.54. The zero-order valence-corrected chi connectivity index (χ0v) is 14.7. The Balaban J connectivity index is 1.67. The van der Waals surface area contributed by atoms with Gasteiger partial charge in [-0.2, -0.15) is 0 Å². The van der Waals surface area contributed by atoms with Gasteiger partial charge in [-0.3, -0.25) is 0 Å². The molecule has 0 bridgehead atoms. The van der Waals surface area contributed by atoms with Gasteiger partial charge in [-0.15, -0.1) is 0 Å². The van der Waals surface area contributed by atoms with Gasteiger partial charge in [0.1, 0.15) is 22.3 Å². The molecule has 3 rings (SSSR count). The van der Waals surface area contributed by atoms with Crippen molar-refractivity contribution in [2.75, 3.05) is 11.6 Å². The average molecular weight is 373 g/mol. The van der Waals surface area contributed by atoms with Crippen LogP contribution in [-0.2, 0) is 16.4 Å². The minimum Gasteiger partial charge on any atom is -0.439 e. The largest absolute Gasteiger partial charge is 0.439 e. The molecule has 0 saturated heterocycles. The van der Waals surface area contributed by atoms with Crippen LogP contribution in [0.5, 0.6) is 11.6 Å². The van der Waals surface area contributed by atoms with Crippen LogP contribution >= 0.6 is 0 Å². The Morgan fingerprint density at radius 2 is 1.96 bits per heavy atom. The maximum atomic E-state index is 13.2. The Bertz CT molecular complexity index is 1010. The summed E-state index contributed by atoms with van der Waals surface area (Å²) in [4.78, 5) is 8.37. The summed E-state index contributed by atoms with van der Waals surface area (Å²) in [5.74, 6) is 0.583. The number of halogens is 1. The average Bonchev–Trinajstić information content (AvgIpc) is 2.61. The van der Waals surface area contributed by atoms with Gasteiger partial charge in [-0.25, -0.2) is 22.8 Å². The number of hydrogen-bond donors (Lipinski definition) is 1. The molecule has 1 aromatic carbocycles. The molecule has 0 fully saturated rings. The Kier molecular flexibility index (Phi) is 5.13. The highest BCUT2D eigenvalue weighted by molar-refractivity contribution is 7.90. The van der Waals surface area contributed by atoms with Crippen LogP contribution in [0.4, 0.5) is 10.2 Å². The molecule has 8 heteroatoms. The molecular formula is C18H16FN3O3S. The molecule has 2 heterocycles. The quantitative estimate of drug-likeness (QED) is 0.713. The van der Waals surface area contributed by atoms with Crippen molar-refractivity contribution in [1.29, 1.82) is 0 Å². The van der Waals surface area contributed by atoms with Gasteiger partial charge in [-0.1, -0.05) is 12.1 Å². The van der Waals surface area contributed by atoms with Crippen molar-refractivity contribution in [2.45, 2.75) is 11.4 Å². The van der Waals surface area contributed by atoms with Crippen molar-refractivity contribution in [3.8, 4) is 11.6 Å². The SMILES string of the molecule is CS(=O)(=O)c1cccnc1NCc1ccc(Oc2cccc(F)c2)nc1. The number of nitrogens with one attached hydrogen (secondary N) is 1. The third kappa shape index (κ3) is 4.54. The lowest BCUT2D eigenvalue weighted by atomic mass is 10.3. The van der Waals surface area contributed by atoms with E-state index in [1.54, 1.807) is 36.5 Å². The van der Waals surface area contributed by atoms with E-state index in [0.717, 1.165) is 11.8 Å². The molecule has 0 atom stereocenters. The van der Waals surface area contributed by atoms with E-state index in [1.165, 1.54) is 24.4 Å². The molecule has 0 aliphatic carbocycles. The first-order chi connectivity index (χ1) is 12.4. The summed E-state index contributed by atoms with van der Waals surface area (Å²) in [6, 6.07) is 12.3. The van der Waals surface area contributed by atoms with Crippen LogP contribution in [0.3, 0.4) is 0 Å². The molecule has 3 aromatic rings. The second kappa shape index (κ2) is 7.49. The molecule has 0 spiro atoms. The van der Waals surface area contributed by atoms with Crippen LogP contribution in [0.25, 0.3) is 0 Å². The summed E-state index contributed by atoms with van der Waals surface area (Å²) in [5, 5.41) is 2.99. The zero-order valence-electron chi connectivity index (χ0n) is 13.9. The van der Waals surface area contributed by atoms with Gasteiger partial charge in [0.2, 0.25) is 5.88 Å². The highest BCUT2D eigenvalue weighted by Crippen LogP contribution is 2.21. The highest BCUT2D eigenvalue weighted by Gasteiger charge is 2.13. The first kappa shape index (κ1) is 17.8. The van der Waals surface area contributed by atoms with Gasteiger partial charge in [0, 0.05) is 37.3 Å². The Hall–Kier alpha value is -3.00. The van der Waals surface area contributed by atoms with Crippen LogP contribution in [0.15, 0.2) is 65.8 Å². The third-order valence-corrected chi connectivity index (χ3v) is 4.57. The minimum atomic E-state index is -3.37. The van der Waals surface area contributed by atoms with E-state index in [4.69, 9.17) is 4.74 Å². The Morgan fingerprint density at radius 1 is 1.12 bits per heavy atom. The first-order valence-corrected chi connectivity index (χ1v) is 9.58.